The molecule has 3 fully saturated rings. The van der Waals surface area contributed by atoms with Crippen LogP contribution in [-0.4, -0.2) is 43.2 Å². The van der Waals surface area contributed by atoms with Crippen LogP contribution in [0.2, 0.25) is 0 Å². The van der Waals surface area contributed by atoms with Gasteiger partial charge in [0.25, 0.3) is 5.91 Å². The molecule has 1 aromatic rings. The molecule has 0 bridgehead atoms. The number of methoxy groups -OCH3 is 1. The summed E-state index contributed by atoms with van der Waals surface area (Å²) in [6.07, 6.45) is 7.23. The molecule has 1 aromatic carbocycles. The van der Waals surface area contributed by atoms with E-state index in [0.717, 1.165) is 24.2 Å². The highest BCUT2D eigenvalue weighted by molar-refractivity contribution is 5.95. The van der Waals surface area contributed by atoms with E-state index in [4.69, 9.17) is 9.47 Å². The van der Waals surface area contributed by atoms with Crippen molar-refractivity contribution in [3.05, 3.63) is 29.3 Å². The normalized spacial score (nSPS) is 27.4. The molecule has 2 aliphatic carbocycles. The molecule has 0 spiro atoms. The fourth-order valence-corrected chi connectivity index (χ4v) is 4.10. The number of fused-ring (bicyclic) bond motifs is 1. The lowest BCUT2D eigenvalue weighted by Gasteiger charge is -2.43. The summed E-state index contributed by atoms with van der Waals surface area (Å²) in [5.41, 5.74) is 2.01. The SMILES string of the molecule is COc1ccc(C(=O)N2CCO[C@@H]3CCCC[C@H]32)cc1C1CC1. The minimum atomic E-state index is 0.162. The van der Waals surface area contributed by atoms with Gasteiger partial charge in [-0.05, 0) is 55.4 Å². The standard InChI is InChI=1S/C19H25NO3/c1-22-17-9-8-14(12-15(17)13-6-7-13)19(21)20-10-11-23-18-5-3-2-4-16(18)20/h8-9,12-13,16,18H,2-7,10-11H2,1H3/t16-,18-/m1/s1. The van der Waals surface area contributed by atoms with Crippen molar-refractivity contribution in [1.82, 2.24) is 4.90 Å². The van der Waals surface area contributed by atoms with Crippen LogP contribution < -0.4 is 4.74 Å². The van der Waals surface area contributed by atoms with Gasteiger partial charge >= 0.3 is 0 Å². The fraction of sp³-hybridized carbons (Fsp3) is 0.632. The van der Waals surface area contributed by atoms with Crippen molar-refractivity contribution < 1.29 is 14.3 Å². The Bertz CT molecular complexity index is 594. The Morgan fingerprint density at radius 3 is 2.83 bits per heavy atom. The van der Waals surface area contributed by atoms with E-state index in [-0.39, 0.29) is 18.1 Å². The molecule has 1 amide bonds. The van der Waals surface area contributed by atoms with Gasteiger partial charge in [-0.3, -0.25) is 4.79 Å². The minimum absolute atomic E-state index is 0.162. The van der Waals surface area contributed by atoms with Crippen LogP contribution in [0.4, 0.5) is 0 Å². The summed E-state index contributed by atoms with van der Waals surface area (Å²) >= 11 is 0. The average Bonchev–Trinajstić information content (AvgIpc) is 3.45. The van der Waals surface area contributed by atoms with E-state index in [9.17, 15) is 4.79 Å². The Kier molecular flexibility index (Phi) is 4.02. The molecule has 2 saturated carbocycles. The summed E-state index contributed by atoms with van der Waals surface area (Å²) < 4.78 is 11.4. The van der Waals surface area contributed by atoms with E-state index in [1.807, 2.05) is 12.1 Å². The Morgan fingerprint density at radius 2 is 2.04 bits per heavy atom. The first-order chi connectivity index (χ1) is 11.3. The zero-order valence-corrected chi connectivity index (χ0v) is 13.8. The van der Waals surface area contributed by atoms with E-state index < -0.39 is 0 Å². The van der Waals surface area contributed by atoms with Gasteiger partial charge in [-0.1, -0.05) is 12.8 Å². The van der Waals surface area contributed by atoms with Crippen molar-refractivity contribution in [1.29, 1.82) is 0 Å². The highest BCUT2D eigenvalue weighted by Crippen LogP contribution is 2.44. The van der Waals surface area contributed by atoms with Gasteiger partial charge in [-0.2, -0.15) is 0 Å². The zero-order chi connectivity index (χ0) is 15.8. The van der Waals surface area contributed by atoms with Crippen molar-refractivity contribution in [3.8, 4) is 5.75 Å². The molecule has 0 N–H and O–H groups in total. The number of carbonyl (C=O) groups excluding carboxylic acids is 1. The number of amides is 1. The molecule has 4 heteroatoms. The molecule has 3 aliphatic rings. The summed E-state index contributed by atoms with van der Waals surface area (Å²) in [5, 5.41) is 0. The summed E-state index contributed by atoms with van der Waals surface area (Å²) in [5.74, 6) is 1.65. The quantitative estimate of drug-likeness (QED) is 0.858. The number of rotatable bonds is 3. The monoisotopic (exact) mass is 315 g/mol. The van der Waals surface area contributed by atoms with Crippen LogP contribution in [0, 0.1) is 0 Å². The lowest BCUT2D eigenvalue weighted by molar-refractivity contribution is -0.0752. The highest BCUT2D eigenvalue weighted by Gasteiger charge is 2.37. The van der Waals surface area contributed by atoms with Crippen molar-refractivity contribution in [2.45, 2.75) is 56.6 Å². The molecule has 1 aliphatic heterocycles. The molecule has 1 heterocycles. The number of hydrogen-bond acceptors (Lipinski definition) is 3. The fourth-order valence-electron chi connectivity index (χ4n) is 4.10. The molecule has 124 valence electrons. The first-order valence-corrected chi connectivity index (χ1v) is 8.88. The third kappa shape index (κ3) is 2.85. The van der Waals surface area contributed by atoms with Crippen molar-refractivity contribution in [3.63, 3.8) is 0 Å². The van der Waals surface area contributed by atoms with Crippen molar-refractivity contribution in [2.75, 3.05) is 20.3 Å². The maximum absolute atomic E-state index is 13.1. The maximum atomic E-state index is 13.1. The van der Waals surface area contributed by atoms with E-state index in [1.54, 1.807) is 7.11 Å². The van der Waals surface area contributed by atoms with E-state index in [2.05, 4.69) is 11.0 Å². The second-order valence-electron chi connectivity index (χ2n) is 6.99. The molecule has 0 radical (unpaired) electrons. The van der Waals surface area contributed by atoms with Gasteiger partial charge in [0.05, 0.1) is 25.9 Å². The van der Waals surface area contributed by atoms with Gasteiger partial charge < -0.3 is 14.4 Å². The number of morpholine rings is 1. The molecule has 23 heavy (non-hydrogen) atoms. The molecular formula is C19H25NO3. The lowest BCUT2D eigenvalue weighted by atomic mass is 9.89. The molecule has 1 saturated heterocycles. The Balaban J connectivity index is 1.59. The average molecular weight is 315 g/mol. The predicted octanol–water partition coefficient (Wildman–Crippen LogP) is 3.36. The topological polar surface area (TPSA) is 38.8 Å². The molecular weight excluding hydrogens is 290 g/mol. The van der Waals surface area contributed by atoms with E-state index >= 15 is 0 Å². The van der Waals surface area contributed by atoms with Crippen molar-refractivity contribution >= 4 is 5.91 Å². The van der Waals surface area contributed by atoms with Crippen LogP contribution in [0.1, 0.15) is 60.4 Å². The molecule has 0 aromatic heterocycles. The molecule has 4 rings (SSSR count). The minimum Gasteiger partial charge on any atom is -0.496 e. The van der Waals surface area contributed by atoms with Crippen LogP contribution in [0.3, 0.4) is 0 Å². The maximum Gasteiger partial charge on any atom is 0.254 e. The lowest BCUT2D eigenvalue weighted by Crippen LogP contribution is -2.54. The van der Waals surface area contributed by atoms with Gasteiger partial charge in [0, 0.05) is 12.1 Å². The first kappa shape index (κ1) is 15.0. The number of hydrogen-bond donors (Lipinski definition) is 0. The van der Waals surface area contributed by atoms with Crippen LogP contribution in [0.25, 0.3) is 0 Å². The molecule has 4 nitrogen and oxygen atoms in total. The largest absolute Gasteiger partial charge is 0.496 e. The van der Waals surface area contributed by atoms with Gasteiger partial charge in [0.15, 0.2) is 0 Å². The number of benzene rings is 1. The van der Waals surface area contributed by atoms with Gasteiger partial charge in [0.2, 0.25) is 0 Å². The first-order valence-electron chi connectivity index (χ1n) is 8.88. The van der Waals surface area contributed by atoms with E-state index in [1.165, 1.54) is 31.2 Å². The number of carbonyl (C=O) groups is 1. The summed E-state index contributed by atoms with van der Waals surface area (Å²) in [4.78, 5) is 15.1. The van der Waals surface area contributed by atoms with Gasteiger partial charge in [-0.25, -0.2) is 0 Å². The van der Waals surface area contributed by atoms with Crippen molar-refractivity contribution in [2.24, 2.45) is 0 Å². The second-order valence-corrected chi connectivity index (χ2v) is 6.99. The third-order valence-corrected chi connectivity index (χ3v) is 5.49. The van der Waals surface area contributed by atoms with E-state index in [0.29, 0.717) is 19.1 Å². The smallest absolute Gasteiger partial charge is 0.254 e. The Morgan fingerprint density at radius 1 is 1.22 bits per heavy atom. The number of nitrogens with zero attached hydrogens (tertiary/aromatic N) is 1. The third-order valence-electron chi connectivity index (χ3n) is 5.49. The Hall–Kier alpha value is -1.55. The predicted molar refractivity (Wildman–Crippen MR) is 88.0 cm³/mol. The van der Waals surface area contributed by atoms with Gasteiger partial charge in [0.1, 0.15) is 5.75 Å². The van der Waals surface area contributed by atoms with Crippen LogP contribution in [0.15, 0.2) is 18.2 Å². The van der Waals surface area contributed by atoms with Crippen LogP contribution >= 0.6 is 0 Å². The molecule has 2 atom stereocenters. The summed E-state index contributed by atoms with van der Waals surface area (Å²) in [7, 11) is 1.71. The van der Waals surface area contributed by atoms with Crippen LogP contribution in [-0.2, 0) is 4.74 Å². The molecule has 0 unspecified atom stereocenters. The summed E-state index contributed by atoms with van der Waals surface area (Å²) in [6, 6.07) is 6.20. The Labute approximate surface area is 137 Å². The van der Waals surface area contributed by atoms with Crippen LogP contribution in [0.5, 0.6) is 5.75 Å². The summed E-state index contributed by atoms with van der Waals surface area (Å²) in [6.45, 7) is 1.38. The number of ether oxygens (including phenoxy) is 2. The second kappa shape index (κ2) is 6.16. The highest BCUT2D eigenvalue weighted by atomic mass is 16.5. The zero-order valence-electron chi connectivity index (χ0n) is 13.8. The van der Waals surface area contributed by atoms with Gasteiger partial charge in [-0.15, -0.1) is 0 Å².